The molecule has 6 heteroatoms. The fourth-order valence-electron chi connectivity index (χ4n) is 3.77. The second-order valence-electron chi connectivity index (χ2n) is 6.70. The van der Waals surface area contributed by atoms with Crippen molar-refractivity contribution in [1.29, 1.82) is 0 Å². The van der Waals surface area contributed by atoms with E-state index in [1.165, 1.54) is 24.9 Å². The van der Waals surface area contributed by atoms with Gasteiger partial charge in [-0.2, -0.15) is 5.10 Å². The highest BCUT2D eigenvalue weighted by molar-refractivity contribution is 5.94. The van der Waals surface area contributed by atoms with Gasteiger partial charge < -0.3 is 9.80 Å². The molecule has 1 atom stereocenters. The van der Waals surface area contributed by atoms with Gasteiger partial charge in [0.15, 0.2) is 0 Å². The van der Waals surface area contributed by atoms with Crippen LogP contribution in [0.1, 0.15) is 47.8 Å². The van der Waals surface area contributed by atoms with Crippen LogP contribution in [0.25, 0.3) is 0 Å². The number of nitrogens with zero attached hydrogens (tertiary/aromatic N) is 4. The standard InChI is InChI=1S/C18H23N5O/c24-18(14-5-7-16(8-6-14)22-9-1-2-10-22)23-11-3-4-15(12-23)17-19-13-20-21-17/h5-8,13,15H,1-4,9-12H2,(H,19,20,21). The first kappa shape index (κ1) is 15.2. The van der Waals surface area contributed by atoms with Gasteiger partial charge in [0.05, 0.1) is 0 Å². The maximum Gasteiger partial charge on any atom is 0.253 e. The highest BCUT2D eigenvalue weighted by Gasteiger charge is 2.27. The minimum absolute atomic E-state index is 0.118. The van der Waals surface area contributed by atoms with Crippen molar-refractivity contribution in [2.24, 2.45) is 0 Å². The van der Waals surface area contributed by atoms with Crippen LogP contribution in [0.3, 0.4) is 0 Å². The number of hydrogen-bond donors (Lipinski definition) is 1. The predicted molar refractivity (Wildman–Crippen MR) is 92.2 cm³/mol. The third kappa shape index (κ3) is 3.00. The molecule has 0 aliphatic carbocycles. The summed E-state index contributed by atoms with van der Waals surface area (Å²) in [5.74, 6) is 1.26. The molecule has 126 valence electrons. The summed E-state index contributed by atoms with van der Waals surface area (Å²) in [6.45, 7) is 3.77. The Bertz CT molecular complexity index is 676. The van der Waals surface area contributed by atoms with Gasteiger partial charge >= 0.3 is 0 Å². The maximum atomic E-state index is 12.8. The molecule has 2 aliphatic rings. The lowest BCUT2D eigenvalue weighted by Crippen LogP contribution is -2.39. The van der Waals surface area contributed by atoms with E-state index in [0.717, 1.165) is 43.9 Å². The molecule has 0 spiro atoms. The van der Waals surface area contributed by atoms with E-state index in [9.17, 15) is 4.79 Å². The SMILES string of the molecule is O=C(c1ccc(N2CCCC2)cc1)N1CCCC(c2ncn[nH]2)C1. The number of piperidine rings is 1. The van der Waals surface area contributed by atoms with Gasteiger partial charge in [-0.25, -0.2) is 4.98 Å². The number of aromatic amines is 1. The van der Waals surface area contributed by atoms with Crippen LogP contribution in [0.5, 0.6) is 0 Å². The van der Waals surface area contributed by atoms with Crippen LogP contribution in [-0.4, -0.2) is 52.2 Å². The number of amides is 1. The Labute approximate surface area is 141 Å². The third-order valence-corrected chi connectivity index (χ3v) is 5.11. The van der Waals surface area contributed by atoms with E-state index in [1.807, 2.05) is 17.0 Å². The number of rotatable bonds is 3. The second-order valence-corrected chi connectivity index (χ2v) is 6.70. The van der Waals surface area contributed by atoms with Gasteiger partial charge in [0.25, 0.3) is 5.91 Å². The predicted octanol–water partition coefficient (Wildman–Crippen LogP) is 2.42. The van der Waals surface area contributed by atoms with Crippen molar-refractivity contribution in [2.45, 2.75) is 31.6 Å². The highest BCUT2D eigenvalue weighted by Crippen LogP contribution is 2.26. The highest BCUT2D eigenvalue weighted by atomic mass is 16.2. The van der Waals surface area contributed by atoms with Gasteiger partial charge in [-0.1, -0.05) is 0 Å². The van der Waals surface area contributed by atoms with Gasteiger partial charge in [-0.15, -0.1) is 0 Å². The Balaban J connectivity index is 1.44. The topological polar surface area (TPSA) is 65.1 Å². The zero-order valence-electron chi connectivity index (χ0n) is 13.8. The molecule has 2 fully saturated rings. The van der Waals surface area contributed by atoms with Gasteiger partial charge in [-0.05, 0) is 49.9 Å². The molecule has 24 heavy (non-hydrogen) atoms. The summed E-state index contributed by atoms with van der Waals surface area (Å²) in [5.41, 5.74) is 2.00. The van der Waals surface area contributed by atoms with Crippen LogP contribution in [0.2, 0.25) is 0 Å². The number of H-pyrrole nitrogens is 1. The van der Waals surface area contributed by atoms with Crippen LogP contribution >= 0.6 is 0 Å². The first-order valence-electron chi connectivity index (χ1n) is 8.81. The normalized spacial score (nSPS) is 21.2. The van der Waals surface area contributed by atoms with Crippen molar-refractivity contribution in [3.05, 3.63) is 42.0 Å². The van der Waals surface area contributed by atoms with Crippen molar-refractivity contribution < 1.29 is 4.79 Å². The second kappa shape index (κ2) is 6.63. The molecule has 1 N–H and O–H groups in total. The molecule has 2 aromatic rings. The van der Waals surface area contributed by atoms with Crippen molar-refractivity contribution in [3.8, 4) is 0 Å². The number of carbonyl (C=O) groups excluding carboxylic acids is 1. The summed E-state index contributed by atoms with van der Waals surface area (Å²) < 4.78 is 0. The van der Waals surface area contributed by atoms with Crippen LogP contribution < -0.4 is 4.90 Å². The Morgan fingerprint density at radius 1 is 1.08 bits per heavy atom. The van der Waals surface area contributed by atoms with E-state index >= 15 is 0 Å². The van der Waals surface area contributed by atoms with Crippen LogP contribution in [0.4, 0.5) is 5.69 Å². The van der Waals surface area contributed by atoms with E-state index < -0.39 is 0 Å². The number of benzene rings is 1. The smallest absolute Gasteiger partial charge is 0.253 e. The molecule has 0 radical (unpaired) electrons. The van der Waals surface area contributed by atoms with Crippen molar-refractivity contribution >= 4 is 11.6 Å². The Morgan fingerprint density at radius 3 is 2.58 bits per heavy atom. The molecule has 3 heterocycles. The Kier molecular flexibility index (Phi) is 4.19. The zero-order valence-corrected chi connectivity index (χ0v) is 13.8. The first-order chi connectivity index (χ1) is 11.8. The van der Waals surface area contributed by atoms with Gasteiger partial charge in [-0.3, -0.25) is 9.89 Å². The lowest BCUT2D eigenvalue weighted by Gasteiger charge is -2.31. The zero-order chi connectivity index (χ0) is 16.4. The van der Waals surface area contributed by atoms with Gasteiger partial charge in [0.1, 0.15) is 12.2 Å². The van der Waals surface area contributed by atoms with E-state index in [2.05, 4.69) is 32.2 Å². The molecule has 1 amide bonds. The minimum atomic E-state index is 0.118. The number of aromatic nitrogens is 3. The molecule has 2 aliphatic heterocycles. The quantitative estimate of drug-likeness (QED) is 0.941. The van der Waals surface area contributed by atoms with Crippen molar-refractivity contribution in [1.82, 2.24) is 20.1 Å². The lowest BCUT2D eigenvalue weighted by molar-refractivity contribution is 0.0704. The molecule has 0 saturated carbocycles. The fourth-order valence-corrected chi connectivity index (χ4v) is 3.77. The Morgan fingerprint density at radius 2 is 1.88 bits per heavy atom. The largest absolute Gasteiger partial charge is 0.372 e. The van der Waals surface area contributed by atoms with Gasteiger partial charge in [0, 0.05) is 43.3 Å². The molecule has 1 unspecified atom stereocenters. The molecule has 1 aromatic carbocycles. The summed E-state index contributed by atoms with van der Waals surface area (Å²) >= 11 is 0. The monoisotopic (exact) mass is 325 g/mol. The van der Waals surface area contributed by atoms with E-state index in [-0.39, 0.29) is 11.8 Å². The number of hydrogen-bond acceptors (Lipinski definition) is 4. The maximum absolute atomic E-state index is 12.8. The molecule has 4 rings (SSSR count). The van der Waals surface area contributed by atoms with Crippen molar-refractivity contribution in [3.63, 3.8) is 0 Å². The van der Waals surface area contributed by atoms with E-state index in [0.29, 0.717) is 6.54 Å². The average Bonchev–Trinajstić information content (AvgIpc) is 3.35. The molecule has 2 saturated heterocycles. The molecular weight excluding hydrogens is 302 g/mol. The number of likely N-dealkylation sites (tertiary alicyclic amines) is 1. The molecule has 0 bridgehead atoms. The molecule has 6 nitrogen and oxygen atoms in total. The summed E-state index contributed by atoms with van der Waals surface area (Å²) in [6.07, 6.45) is 6.11. The lowest BCUT2D eigenvalue weighted by atomic mass is 9.96. The van der Waals surface area contributed by atoms with Crippen LogP contribution in [-0.2, 0) is 0 Å². The molecule has 1 aromatic heterocycles. The number of carbonyl (C=O) groups is 1. The third-order valence-electron chi connectivity index (χ3n) is 5.11. The Hall–Kier alpha value is -2.37. The van der Waals surface area contributed by atoms with Gasteiger partial charge in [0.2, 0.25) is 0 Å². The van der Waals surface area contributed by atoms with Crippen LogP contribution in [0, 0.1) is 0 Å². The number of anilines is 1. The number of nitrogens with one attached hydrogen (secondary N) is 1. The fraction of sp³-hybridized carbons (Fsp3) is 0.500. The van der Waals surface area contributed by atoms with E-state index in [1.54, 1.807) is 0 Å². The van der Waals surface area contributed by atoms with Crippen molar-refractivity contribution in [2.75, 3.05) is 31.1 Å². The summed E-state index contributed by atoms with van der Waals surface area (Å²) in [7, 11) is 0. The minimum Gasteiger partial charge on any atom is -0.372 e. The molecular formula is C18H23N5O. The first-order valence-corrected chi connectivity index (χ1v) is 8.81. The summed E-state index contributed by atoms with van der Waals surface area (Å²) in [5, 5.41) is 6.87. The van der Waals surface area contributed by atoms with Crippen LogP contribution in [0.15, 0.2) is 30.6 Å². The average molecular weight is 325 g/mol. The summed E-state index contributed by atoms with van der Waals surface area (Å²) in [4.78, 5) is 21.4. The summed E-state index contributed by atoms with van der Waals surface area (Å²) in [6, 6.07) is 8.09. The van der Waals surface area contributed by atoms with E-state index in [4.69, 9.17) is 0 Å².